The number of hydrogen-bond donors (Lipinski definition) is 1. The van der Waals surface area contributed by atoms with E-state index in [2.05, 4.69) is 15.2 Å². The van der Waals surface area contributed by atoms with Crippen molar-refractivity contribution in [1.82, 2.24) is 15.2 Å². The van der Waals surface area contributed by atoms with E-state index in [1.54, 1.807) is 0 Å². The number of hydrogen-bond acceptors (Lipinski definition) is 5. The monoisotopic (exact) mass is 498 g/mol. The summed E-state index contributed by atoms with van der Waals surface area (Å²) in [5.74, 6) is 0.627. The number of anilines is 1. The fraction of sp³-hybridized carbons (Fsp3) is 0.367. The second-order valence-electron chi connectivity index (χ2n) is 10.0. The van der Waals surface area contributed by atoms with Gasteiger partial charge in [0.2, 0.25) is 0 Å². The number of aromatic nitrogens is 1. The number of benzene rings is 2. The second-order valence-corrected chi connectivity index (χ2v) is 10.0. The van der Waals surface area contributed by atoms with Crippen LogP contribution < -0.4 is 15.0 Å². The Hall–Kier alpha value is -3.87. The van der Waals surface area contributed by atoms with Crippen molar-refractivity contribution in [3.63, 3.8) is 0 Å². The van der Waals surface area contributed by atoms with Gasteiger partial charge in [0.05, 0.1) is 12.6 Å². The molecule has 192 valence electrons. The molecule has 3 aromatic rings. The molecule has 7 heteroatoms. The lowest BCUT2D eigenvalue weighted by molar-refractivity contribution is 0.0709. The van der Waals surface area contributed by atoms with Crippen LogP contribution in [-0.2, 0) is 0 Å². The molecule has 1 fully saturated rings. The number of aryl methyl sites for hydroxylation is 2. The molecule has 0 radical (unpaired) electrons. The molecule has 2 aromatic carbocycles. The molecule has 2 amide bonds. The van der Waals surface area contributed by atoms with Crippen LogP contribution in [-0.4, -0.2) is 54.5 Å². The largest absolute Gasteiger partial charge is 0.493 e. The van der Waals surface area contributed by atoms with E-state index >= 15 is 0 Å². The summed E-state index contributed by atoms with van der Waals surface area (Å²) in [6.45, 7) is 6.23. The van der Waals surface area contributed by atoms with Gasteiger partial charge < -0.3 is 19.9 Å². The van der Waals surface area contributed by atoms with Gasteiger partial charge in [-0.1, -0.05) is 18.2 Å². The Morgan fingerprint density at radius 1 is 1.00 bits per heavy atom. The summed E-state index contributed by atoms with van der Waals surface area (Å²) >= 11 is 0. The van der Waals surface area contributed by atoms with Crippen LogP contribution in [0.15, 0.2) is 60.9 Å². The Morgan fingerprint density at radius 2 is 1.70 bits per heavy atom. The minimum absolute atomic E-state index is 0.00411. The average molecular weight is 499 g/mol. The zero-order valence-electron chi connectivity index (χ0n) is 21.7. The number of pyridine rings is 1. The van der Waals surface area contributed by atoms with E-state index in [1.165, 1.54) is 5.69 Å². The molecule has 37 heavy (non-hydrogen) atoms. The molecule has 1 saturated heterocycles. The number of ether oxygens (including phenoxy) is 1. The van der Waals surface area contributed by atoms with Gasteiger partial charge in [0.1, 0.15) is 5.75 Å². The lowest BCUT2D eigenvalue weighted by atomic mass is 9.95. The molecule has 2 aliphatic heterocycles. The smallest absolute Gasteiger partial charge is 0.253 e. The van der Waals surface area contributed by atoms with E-state index in [0.717, 1.165) is 48.4 Å². The predicted molar refractivity (Wildman–Crippen MR) is 144 cm³/mol. The fourth-order valence-corrected chi connectivity index (χ4v) is 5.52. The lowest BCUT2D eigenvalue weighted by Gasteiger charge is -2.38. The number of rotatable bonds is 5. The maximum atomic E-state index is 13.5. The van der Waals surface area contributed by atoms with Crippen LogP contribution >= 0.6 is 0 Å². The number of nitrogens with one attached hydrogen (secondary N) is 1. The van der Waals surface area contributed by atoms with Crippen LogP contribution in [0.5, 0.6) is 5.75 Å². The number of carbonyl (C=O) groups excluding carboxylic acids is 2. The molecule has 1 aromatic heterocycles. The van der Waals surface area contributed by atoms with Gasteiger partial charge in [-0.2, -0.15) is 0 Å². The third kappa shape index (κ3) is 5.17. The predicted octanol–water partition coefficient (Wildman–Crippen LogP) is 4.69. The van der Waals surface area contributed by atoms with Gasteiger partial charge in [-0.25, -0.2) is 0 Å². The summed E-state index contributed by atoms with van der Waals surface area (Å²) in [6, 6.07) is 15.5. The lowest BCUT2D eigenvalue weighted by Crippen LogP contribution is -2.45. The van der Waals surface area contributed by atoms with Crippen LogP contribution in [0.25, 0.3) is 0 Å². The maximum absolute atomic E-state index is 13.5. The van der Waals surface area contributed by atoms with Crippen LogP contribution in [0.3, 0.4) is 0 Å². The van der Waals surface area contributed by atoms with Gasteiger partial charge in [0.25, 0.3) is 11.8 Å². The molecular weight excluding hydrogens is 464 g/mol. The first kappa shape index (κ1) is 24.8. The number of carbonyl (C=O) groups is 2. The van der Waals surface area contributed by atoms with Crippen molar-refractivity contribution in [2.75, 3.05) is 31.6 Å². The molecule has 0 spiro atoms. The van der Waals surface area contributed by atoms with Crippen molar-refractivity contribution in [2.45, 2.75) is 45.2 Å². The minimum atomic E-state index is -0.211. The van der Waals surface area contributed by atoms with E-state index in [1.807, 2.05) is 86.7 Å². The minimum Gasteiger partial charge on any atom is -0.493 e. The van der Waals surface area contributed by atoms with Gasteiger partial charge in [0, 0.05) is 67.4 Å². The summed E-state index contributed by atoms with van der Waals surface area (Å²) in [4.78, 5) is 35.0. The molecular formula is C30H34N4O3. The highest BCUT2D eigenvalue weighted by molar-refractivity contribution is 5.97. The summed E-state index contributed by atoms with van der Waals surface area (Å²) in [7, 11) is 1.89. The van der Waals surface area contributed by atoms with Gasteiger partial charge in [0.15, 0.2) is 0 Å². The topological polar surface area (TPSA) is 74.8 Å². The van der Waals surface area contributed by atoms with Crippen LogP contribution in [0.2, 0.25) is 0 Å². The van der Waals surface area contributed by atoms with Crippen LogP contribution in [0.1, 0.15) is 62.7 Å². The fourth-order valence-electron chi connectivity index (χ4n) is 5.52. The first-order chi connectivity index (χ1) is 17.9. The SMILES string of the molecule is Cc1cccc(C)c1C(=O)NC1CCOc2ccc(C(=O)N(C)C3CCN(c4ccncc4)CC3)cc21. The normalized spacial score (nSPS) is 17.5. The van der Waals surface area contributed by atoms with Crippen molar-refractivity contribution >= 4 is 17.5 Å². The average Bonchev–Trinajstić information content (AvgIpc) is 2.93. The standard InChI is InChI=1S/C30H34N4O3/c1-20-5-4-6-21(2)28(20)29(35)32-26-13-18-37-27-8-7-22(19-25(26)27)30(36)33(3)23-11-16-34(17-12-23)24-9-14-31-15-10-24/h4-10,14-15,19,23,26H,11-13,16-18H2,1-3H3,(H,32,35). The summed E-state index contributed by atoms with van der Waals surface area (Å²) in [5.41, 5.74) is 5.26. The zero-order valence-corrected chi connectivity index (χ0v) is 21.7. The third-order valence-corrected chi connectivity index (χ3v) is 7.67. The Morgan fingerprint density at radius 3 is 2.41 bits per heavy atom. The molecule has 0 aliphatic carbocycles. The van der Waals surface area contributed by atoms with Crippen LogP contribution in [0, 0.1) is 13.8 Å². The van der Waals surface area contributed by atoms with Gasteiger partial charge in [-0.15, -0.1) is 0 Å². The highest BCUT2D eigenvalue weighted by atomic mass is 16.5. The highest BCUT2D eigenvalue weighted by Crippen LogP contribution is 2.34. The molecule has 1 atom stereocenters. The Bertz CT molecular complexity index is 1260. The van der Waals surface area contributed by atoms with E-state index in [9.17, 15) is 9.59 Å². The Kier molecular flexibility index (Phi) is 7.12. The number of fused-ring (bicyclic) bond motifs is 1. The summed E-state index contributed by atoms with van der Waals surface area (Å²) in [6.07, 6.45) is 6.11. The van der Waals surface area contributed by atoms with Gasteiger partial charge >= 0.3 is 0 Å². The van der Waals surface area contributed by atoms with E-state index in [-0.39, 0.29) is 23.9 Å². The molecule has 7 nitrogen and oxygen atoms in total. The van der Waals surface area contributed by atoms with Crippen molar-refractivity contribution in [1.29, 1.82) is 0 Å². The Labute approximate surface area is 218 Å². The number of piperidine rings is 1. The molecule has 3 heterocycles. The van der Waals surface area contributed by atoms with Crippen molar-refractivity contribution < 1.29 is 14.3 Å². The number of nitrogens with zero attached hydrogens (tertiary/aromatic N) is 3. The molecule has 2 aliphatic rings. The molecule has 1 N–H and O–H groups in total. The van der Waals surface area contributed by atoms with E-state index in [4.69, 9.17) is 4.74 Å². The highest BCUT2D eigenvalue weighted by Gasteiger charge is 2.29. The first-order valence-corrected chi connectivity index (χ1v) is 13.0. The second kappa shape index (κ2) is 10.6. The van der Waals surface area contributed by atoms with Crippen molar-refractivity contribution in [2.24, 2.45) is 0 Å². The first-order valence-electron chi connectivity index (χ1n) is 13.0. The summed E-state index contributed by atoms with van der Waals surface area (Å²) < 4.78 is 5.87. The maximum Gasteiger partial charge on any atom is 0.253 e. The Balaban J connectivity index is 1.29. The van der Waals surface area contributed by atoms with E-state index < -0.39 is 0 Å². The van der Waals surface area contributed by atoms with Crippen LogP contribution in [0.4, 0.5) is 5.69 Å². The molecule has 0 saturated carbocycles. The third-order valence-electron chi connectivity index (χ3n) is 7.67. The van der Waals surface area contributed by atoms with E-state index in [0.29, 0.717) is 24.2 Å². The van der Waals surface area contributed by atoms with Crippen molar-refractivity contribution in [3.8, 4) is 5.75 Å². The van der Waals surface area contributed by atoms with Crippen molar-refractivity contribution in [3.05, 3.63) is 88.7 Å². The number of amides is 2. The molecule has 5 rings (SSSR count). The zero-order chi connectivity index (χ0) is 25.9. The van der Waals surface area contributed by atoms with Gasteiger partial charge in [-0.3, -0.25) is 14.6 Å². The summed E-state index contributed by atoms with van der Waals surface area (Å²) in [5, 5.41) is 3.20. The molecule has 0 bridgehead atoms. The molecule has 1 unspecified atom stereocenters. The van der Waals surface area contributed by atoms with Gasteiger partial charge in [-0.05, 0) is 68.1 Å². The quantitative estimate of drug-likeness (QED) is 0.552.